The van der Waals surface area contributed by atoms with Gasteiger partial charge in [-0.15, -0.1) is 0 Å². The number of imide groups is 1. The van der Waals surface area contributed by atoms with Crippen molar-refractivity contribution in [2.45, 2.75) is 11.8 Å². The number of rotatable bonds is 8. The molecule has 0 atom stereocenters. The van der Waals surface area contributed by atoms with Gasteiger partial charge in [-0.05, 0) is 55.5 Å². The van der Waals surface area contributed by atoms with E-state index in [9.17, 15) is 22.8 Å². The lowest BCUT2D eigenvalue weighted by Gasteiger charge is -2.10. The zero-order valence-corrected chi connectivity index (χ0v) is 16.2. The van der Waals surface area contributed by atoms with E-state index in [2.05, 4.69) is 4.72 Å². The number of nitrogens with two attached hydrogens (primary N) is 1. The van der Waals surface area contributed by atoms with E-state index in [4.69, 9.17) is 15.2 Å². The molecule has 0 aliphatic rings. The molecule has 4 N–H and O–H groups in total. The van der Waals surface area contributed by atoms with Crippen LogP contribution < -0.4 is 20.5 Å². The van der Waals surface area contributed by atoms with Gasteiger partial charge in [0.05, 0.1) is 17.1 Å². The second kappa shape index (κ2) is 9.55. The van der Waals surface area contributed by atoms with Crippen LogP contribution in [0.25, 0.3) is 0 Å². The molecule has 0 unspecified atom stereocenters. The number of benzene rings is 2. The maximum absolute atomic E-state index is 12.4. The standard InChI is InChI=1S/C18H19N3O7S/c1-2-27-14-7-9-15(10-8-14)29(25,26)21-13-5-3-12(4-6-13)17(23)28-11-16(22)20-18(19)24/h3-10,21H,2,11H2,1H3,(H3,19,20,22,24). The monoisotopic (exact) mass is 421 g/mol. The normalized spacial score (nSPS) is 10.7. The quantitative estimate of drug-likeness (QED) is 0.542. The topological polar surface area (TPSA) is 154 Å². The van der Waals surface area contributed by atoms with Crippen molar-refractivity contribution >= 4 is 33.6 Å². The zero-order valence-electron chi connectivity index (χ0n) is 15.4. The van der Waals surface area contributed by atoms with E-state index >= 15 is 0 Å². The molecule has 154 valence electrons. The van der Waals surface area contributed by atoms with Crippen LogP contribution in [0.2, 0.25) is 0 Å². The molecule has 2 aromatic rings. The molecule has 0 fully saturated rings. The van der Waals surface area contributed by atoms with Gasteiger partial charge in [-0.2, -0.15) is 0 Å². The lowest BCUT2D eigenvalue weighted by Crippen LogP contribution is -2.37. The Morgan fingerprint density at radius 3 is 2.17 bits per heavy atom. The molecule has 0 aliphatic heterocycles. The van der Waals surface area contributed by atoms with Gasteiger partial charge in [0.1, 0.15) is 5.75 Å². The minimum Gasteiger partial charge on any atom is -0.494 e. The molecule has 0 heterocycles. The molecular weight excluding hydrogens is 402 g/mol. The highest BCUT2D eigenvalue weighted by molar-refractivity contribution is 7.92. The second-order valence-electron chi connectivity index (χ2n) is 5.58. The van der Waals surface area contributed by atoms with E-state index in [1.165, 1.54) is 36.4 Å². The number of anilines is 1. The fraction of sp³-hybridized carbons (Fsp3) is 0.167. The Kier molecular flexibility index (Phi) is 7.15. The molecule has 0 saturated heterocycles. The van der Waals surface area contributed by atoms with Crippen LogP contribution in [0.5, 0.6) is 5.75 Å². The first-order chi connectivity index (χ1) is 13.7. The summed E-state index contributed by atoms with van der Waals surface area (Å²) in [4.78, 5) is 33.6. The smallest absolute Gasteiger partial charge is 0.338 e. The summed E-state index contributed by atoms with van der Waals surface area (Å²) in [7, 11) is -3.83. The van der Waals surface area contributed by atoms with Crippen molar-refractivity contribution in [2.75, 3.05) is 17.9 Å². The highest BCUT2D eigenvalue weighted by atomic mass is 32.2. The summed E-state index contributed by atoms with van der Waals surface area (Å²) in [5.74, 6) is -1.14. The molecule has 0 bridgehead atoms. The predicted molar refractivity (Wildman–Crippen MR) is 103 cm³/mol. The predicted octanol–water partition coefficient (Wildman–Crippen LogP) is 1.24. The summed E-state index contributed by atoms with van der Waals surface area (Å²) in [6, 6.07) is 10.2. The van der Waals surface area contributed by atoms with Crippen molar-refractivity contribution < 1.29 is 32.3 Å². The zero-order chi connectivity index (χ0) is 21.4. The first kappa shape index (κ1) is 21.7. The van der Waals surface area contributed by atoms with E-state index in [0.717, 1.165) is 0 Å². The minimum absolute atomic E-state index is 0.0462. The van der Waals surface area contributed by atoms with Crippen LogP contribution >= 0.6 is 0 Å². The Balaban J connectivity index is 1.99. The van der Waals surface area contributed by atoms with Crippen molar-refractivity contribution in [3.63, 3.8) is 0 Å². The average molecular weight is 421 g/mol. The van der Waals surface area contributed by atoms with Crippen LogP contribution in [0.4, 0.5) is 10.5 Å². The fourth-order valence-corrected chi connectivity index (χ4v) is 3.22. The fourth-order valence-electron chi connectivity index (χ4n) is 2.16. The Bertz CT molecular complexity index is 987. The lowest BCUT2D eigenvalue weighted by atomic mass is 10.2. The van der Waals surface area contributed by atoms with Gasteiger partial charge in [0.2, 0.25) is 0 Å². The maximum Gasteiger partial charge on any atom is 0.338 e. The van der Waals surface area contributed by atoms with Crippen LogP contribution in [0.1, 0.15) is 17.3 Å². The lowest BCUT2D eigenvalue weighted by molar-refractivity contribution is -0.123. The maximum atomic E-state index is 12.4. The number of amides is 3. The van der Waals surface area contributed by atoms with Gasteiger partial charge in [-0.3, -0.25) is 14.8 Å². The van der Waals surface area contributed by atoms with Crippen LogP contribution in [0, 0.1) is 0 Å². The molecule has 0 aromatic heterocycles. The number of urea groups is 1. The van der Waals surface area contributed by atoms with Gasteiger partial charge in [0, 0.05) is 5.69 Å². The van der Waals surface area contributed by atoms with Gasteiger partial charge in [-0.1, -0.05) is 0 Å². The Morgan fingerprint density at radius 2 is 1.62 bits per heavy atom. The van der Waals surface area contributed by atoms with Crippen molar-refractivity contribution in [3.8, 4) is 5.75 Å². The molecule has 3 amide bonds. The molecule has 0 saturated carbocycles. The highest BCUT2D eigenvalue weighted by Crippen LogP contribution is 2.20. The van der Waals surface area contributed by atoms with E-state index in [0.29, 0.717) is 12.4 Å². The van der Waals surface area contributed by atoms with E-state index in [-0.39, 0.29) is 16.1 Å². The number of sulfonamides is 1. The average Bonchev–Trinajstić information content (AvgIpc) is 2.66. The van der Waals surface area contributed by atoms with Crippen molar-refractivity contribution in [2.24, 2.45) is 5.73 Å². The van der Waals surface area contributed by atoms with Gasteiger partial charge < -0.3 is 15.2 Å². The van der Waals surface area contributed by atoms with E-state index < -0.39 is 34.5 Å². The van der Waals surface area contributed by atoms with Gasteiger partial charge >= 0.3 is 12.0 Å². The first-order valence-corrected chi connectivity index (χ1v) is 9.81. The third-order valence-corrected chi connectivity index (χ3v) is 4.81. The van der Waals surface area contributed by atoms with Gasteiger partial charge in [0.15, 0.2) is 6.61 Å². The summed E-state index contributed by atoms with van der Waals surface area (Å²) in [6.07, 6.45) is 0. The summed E-state index contributed by atoms with van der Waals surface area (Å²) in [5.41, 5.74) is 5.08. The van der Waals surface area contributed by atoms with Gasteiger partial charge in [-0.25, -0.2) is 18.0 Å². The number of esters is 1. The Labute approximate surface area is 167 Å². The Morgan fingerprint density at radius 1 is 1.00 bits per heavy atom. The molecule has 0 radical (unpaired) electrons. The third kappa shape index (κ3) is 6.50. The van der Waals surface area contributed by atoms with Crippen molar-refractivity contribution in [3.05, 3.63) is 54.1 Å². The molecule has 2 rings (SSSR count). The number of hydrogen-bond donors (Lipinski definition) is 3. The van der Waals surface area contributed by atoms with Crippen LogP contribution in [-0.2, 0) is 19.6 Å². The summed E-state index contributed by atoms with van der Waals surface area (Å²) < 4.78 is 37.2. The molecule has 0 spiro atoms. The SMILES string of the molecule is CCOc1ccc(S(=O)(=O)Nc2ccc(C(=O)OCC(=O)NC(N)=O)cc2)cc1. The van der Waals surface area contributed by atoms with Crippen molar-refractivity contribution in [1.29, 1.82) is 0 Å². The van der Waals surface area contributed by atoms with E-state index in [1.54, 1.807) is 17.4 Å². The largest absolute Gasteiger partial charge is 0.494 e. The highest BCUT2D eigenvalue weighted by Gasteiger charge is 2.15. The van der Waals surface area contributed by atoms with Crippen LogP contribution in [0.15, 0.2) is 53.4 Å². The summed E-state index contributed by atoms with van der Waals surface area (Å²) in [6.45, 7) is 1.60. The van der Waals surface area contributed by atoms with Crippen LogP contribution in [0.3, 0.4) is 0 Å². The van der Waals surface area contributed by atoms with E-state index in [1.807, 2.05) is 6.92 Å². The second-order valence-corrected chi connectivity index (χ2v) is 7.26. The number of primary amides is 1. The summed E-state index contributed by atoms with van der Waals surface area (Å²) >= 11 is 0. The third-order valence-electron chi connectivity index (χ3n) is 3.41. The summed E-state index contributed by atoms with van der Waals surface area (Å²) in [5, 5.41) is 1.75. The number of nitrogens with one attached hydrogen (secondary N) is 2. The van der Waals surface area contributed by atoms with Crippen molar-refractivity contribution in [1.82, 2.24) is 5.32 Å². The minimum atomic E-state index is -3.83. The molecule has 11 heteroatoms. The molecule has 0 aliphatic carbocycles. The molecular formula is C18H19N3O7S. The number of carbonyl (C=O) groups excluding carboxylic acids is 3. The molecule has 29 heavy (non-hydrogen) atoms. The number of ether oxygens (including phenoxy) is 2. The first-order valence-electron chi connectivity index (χ1n) is 8.33. The number of carbonyl (C=O) groups is 3. The molecule has 2 aromatic carbocycles. The van der Waals surface area contributed by atoms with Crippen LogP contribution in [-0.4, -0.2) is 39.5 Å². The van der Waals surface area contributed by atoms with Gasteiger partial charge in [0.25, 0.3) is 15.9 Å². The molecule has 10 nitrogen and oxygen atoms in total. The Hall–Kier alpha value is -3.60. The number of hydrogen-bond acceptors (Lipinski definition) is 7.